The van der Waals surface area contributed by atoms with Crippen LogP contribution in [0, 0.1) is 13.8 Å². The fourth-order valence-corrected chi connectivity index (χ4v) is 9.60. The molecule has 3 N–H and O–H groups in total. The third kappa shape index (κ3) is 13.4. The maximum Gasteiger partial charge on any atom is 0.241 e. The molecule has 0 saturated heterocycles. The van der Waals surface area contributed by atoms with Crippen molar-refractivity contribution in [3.05, 3.63) is 90.0 Å². The van der Waals surface area contributed by atoms with Crippen molar-refractivity contribution in [1.29, 1.82) is 0 Å². The fourth-order valence-electron chi connectivity index (χ4n) is 5.65. The molecular formula is C36H53N3O6S3. The molecule has 266 valence electrons. The lowest BCUT2D eigenvalue weighted by Gasteiger charge is -2.23. The predicted molar refractivity (Wildman–Crippen MR) is 193 cm³/mol. The summed E-state index contributed by atoms with van der Waals surface area (Å²) in [5, 5.41) is 0. The molecule has 3 aromatic carbocycles. The van der Waals surface area contributed by atoms with Gasteiger partial charge in [-0.15, -0.1) is 0 Å². The minimum atomic E-state index is -3.34. The van der Waals surface area contributed by atoms with E-state index < -0.39 is 30.1 Å². The Morgan fingerprint density at radius 3 is 1.56 bits per heavy atom. The second-order valence-corrected chi connectivity index (χ2v) is 17.7. The van der Waals surface area contributed by atoms with E-state index in [1.807, 2.05) is 45.0 Å². The number of hydrogen-bond acceptors (Lipinski definition) is 6. The Kier molecular flexibility index (Phi) is 16.2. The first-order valence-corrected chi connectivity index (χ1v) is 21.5. The molecule has 2 aliphatic rings. The van der Waals surface area contributed by atoms with Gasteiger partial charge >= 0.3 is 0 Å². The van der Waals surface area contributed by atoms with E-state index in [1.165, 1.54) is 12.8 Å². The van der Waals surface area contributed by atoms with E-state index in [9.17, 15) is 25.3 Å². The van der Waals surface area contributed by atoms with Crippen molar-refractivity contribution in [1.82, 2.24) is 14.2 Å². The van der Waals surface area contributed by atoms with Crippen molar-refractivity contribution >= 4 is 30.1 Å². The van der Waals surface area contributed by atoms with Crippen LogP contribution in [0.1, 0.15) is 95.1 Å². The van der Waals surface area contributed by atoms with E-state index in [0.29, 0.717) is 21.2 Å². The van der Waals surface area contributed by atoms with E-state index in [0.717, 1.165) is 75.3 Å². The molecule has 9 nitrogen and oxygen atoms in total. The first-order valence-electron chi connectivity index (χ1n) is 17.1. The fraction of sp³-hybridized carbons (Fsp3) is 0.500. The summed E-state index contributed by atoms with van der Waals surface area (Å²) in [4.78, 5) is 1.11. The zero-order valence-corrected chi connectivity index (χ0v) is 31.0. The molecule has 2 fully saturated rings. The number of benzene rings is 3. The molecule has 0 heterocycles. The Hall–Kier alpha value is -2.61. The van der Waals surface area contributed by atoms with Gasteiger partial charge in [-0.2, -0.15) is 0 Å². The van der Waals surface area contributed by atoms with Crippen LogP contribution in [0.2, 0.25) is 0 Å². The Morgan fingerprint density at radius 1 is 0.562 bits per heavy atom. The lowest BCUT2D eigenvalue weighted by Crippen LogP contribution is -2.36. The second kappa shape index (κ2) is 19.5. The van der Waals surface area contributed by atoms with E-state index in [1.54, 1.807) is 54.6 Å². The van der Waals surface area contributed by atoms with Crippen LogP contribution in [-0.2, 0) is 30.1 Å². The molecule has 0 bridgehead atoms. The molecule has 0 unspecified atom stereocenters. The lowest BCUT2D eigenvalue weighted by molar-refractivity contribution is 0.412. The standard InChI is InChI=1S/2C13H19NO2S.C10H15NO2S/c1-11-7-5-6-10-13(11)17(15,16)14-12-8-3-2-4-9-12;1-11-7-9-13(10-8-11)17(15,16)14-12-5-3-2-4-6-12;1-2-3-9-11-14(12,13)10-7-5-4-6-8-10/h5-7,10,12,14H,2-4,8-9H2,1H3;7-10,12,14H,2-6H2,1H3;4-8,11H,2-3,9H2,1H3. The van der Waals surface area contributed by atoms with Gasteiger partial charge in [0, 0.05) is 18.6 Å². The SMILES string of the molecule is CCCCNS(=O)(=O)c1ccccc1.Cc1ccc(S(=O)(=O)NC2CCCCC2)cc1.Cc1ccccc1S(=O)(=O)NC1CCCCC1. The summed E-state index contributed by atoms with van der Waals surface area (Å²) < 4.78 is 80.0. The third-order valence-corrected chi connectivity index (χ3v) is 13.1. The molecule has 3 aromatic rings. The highest BCUT2D eigenvalue weighted by molar-refractivity contribution is 7.90. The summed E-state index contributed by atoms with van der Waals surface area (Å²) in [6, 6.07) is 22.8. The van der Waals surface area contributed by atoms with Crippen molar-refractivity contribution in [3.8, 4) is 0 Å². The molecule has 48 heavy (non-hydrogen) atoms. The Morgan fingerprint density at radius 2 is 1.04 bits per heavy atom. The van der Waals surface area contributed by atoms with Gasteiger partial charge in [-0.25, -0.2) is 39.4 Å². The van der Waals surface area contributed by atoms with E-state index in [-0.39, 0.29) is 12.1 Å². The smallest absolute Gasteiger partial charge is 0.211 e. The van der Waals surface area contributed by atoms with Crippen LogP contribution in [0.4, 0.5) is 0 Å². The summed E-state index contributed by atoms with van der Waals surface area (Å²) in [5.74, 6) is 0. The van der Waals surface area contributed by atoms with Gasteiger partial charge in [-0.05, 0) is 81.8 Å². The van der Waals surface area contributed by atoms with Crippen LogP contribution in [0.5, 0.6) is 0 Å². The molecule has 5 rings (SSSR count). The van der Waals surface area contributed by atoms with E-state index >= 15 is 0 Å². The summed E-state index contributed by atoms with van der Waals surface area (Å²) in [5.41, 5.74) is 1.87. The Balaban J connectivity index is 0.000000197. The van der Waals surface area contributed by atoms with Crippen molar-refractivity contribution in [2.45, 2.75) is 125 Å². The maximum absolute atomic E-state index is 12.2. The molecule has 12 heteroatoms. The van der Waals surface area contributed by atoms with Crippen molar-refractivity contribution in [2.75, 3.05) is 6.54 Å². The normalized spacial score (nSPS) is 16.2. The number of rotatable bonds is 11. The predicted octanol–water partition coefficient (Wildman–Crippen LogP) is 6.98. The highest BCUT2D eigenvalue weighted by Gasteiger charge is 2.23. The minimum Gasteiger partial charge on any atom is -0.211 e. The van der Waals surface area contributed by atoms with E-state index in [4.69, 9.17) is 0 Å². The summed E-state index contributed by atoms with van der Waals surface area (Å²) in [7, 11) is -9.95. The zero-order valence-electron chi connectivity index (χ0n) is 28.5. The van der Waals surface area contributed by atoms with Crippen LogP contribution >= 0.6 is 0 Å². The van der Waals surface area contributed by atoms with Crippen LogP contribution in [0.25, 0.3) is 0 Å². The first kappa shape index (κ1) is 39.8. The van der Waals surface area contributed by atoms with Gasteiger partial charge in [0.25, 0.3) is 0 Å². The average molecular weight is 720 g/mol. The minimum absolute atomic E-state index is 0.119. The Bertz CT molecular complexity index is 1700. The highest BCUT2D eigenvalue weighted by Crippen LogP contribution is 2.22. The topological polar surface area (TPSA) is 139 Å². The second-order valence-electron chi connectivity index (χ2n) is 12.6. The molecule has 0 spiro atoms. The monoisotopic (exact) mass is 719 g/mol. The van der Waals surface area contributed by atoms with Crippen LogP contribution in [0.15, 0.2) is 93.5 Å². The molecule has 0 atom stereocenters. The zero-order chi connectivity index (χ0) is 35.0. The molecule has 2 saturated carbocycles. The largest absolute Gasteiger partial charge is 0.241 e. The quantitative estimate of drug-likeness (QED) is 0.183. The molecule has 0 radical (unpaired) electrons. The van der Waals surface area contributed by atoms with Gasteiger partial charge in [0.2, 0.25) is 30.1 Å². The third-order valence-electron chi connectivity index (χ3n) is 8.44. The van der Waals surface area contributed by atoms with Gasteiger partial charge in [0.05, 0.1) is 14.7 Å². The molecule has 0 amide bonds. The molecule has 2 aliphatic carbocycles. The van der Waals surface area contributed by atoms with Crippen LogP contribution in [0.3, 0.4) is 0 Å². The number of sulfonamides is 3. The number of nitrogens with one attached hydrogen (secondary N) is 3. The maximum atomic E-state index is 12.2. The van der Waals surface area contributed by atoms with Crippen molar-refractivity contribution in [3.63, 3.8) is 0 Å². The van der Waals surface area contributed by atoms with Gasteiger partial charge in [0.15, 0.2) is 0 Å². The number of hydrogen-bond donors (Lipinski definition) is 3. The van der Waals surface area contributed by atoms with Gasteiger partial charge in [0.1, 0.15) is 0 Å². The molecular weight excluding hydrogens is 667 g/mol. The first-order chi connectivity index (χ1) is 22.8. The van der Waals surface area contributed by atoms with E-state index in [2.05, 4.69) is 14.2 Å². The van der Waals surface area contributed by atoms with Gasteiger partial charge in [-0.3, -0.25) is 0 Å². The summed E-state index contributed by atoms with van der Waals surface area (Å²) in [6.45, 7) is 6.31. The van der Waals surface area contributed by atoms with Gasteiger partial charge < -0.3 is 0 Å². The van der Waals surface area contributed by atoms with Crippen LogP contribution in [-0.4, -0.2) is 43.9 Å². The Labute approximate surface area is 289 Å². The average Bonchev–Trinajstić information content (AvgIpc) is 3.07. The number of aryl methyl sites for hydroxylation is 2. The summed E-state index contributed by atoms with van der Waals surface area (Å²) in [6.07, 6.45) is 12.7. The molecule has 0 aliphatic heterocycles. The summed E-state index contributed by atoms with van der Waals surface area (Å²) >= 11 is 0. The van der Waals surface area contributed by atoms with Gasteiger partial charge in [-0.1, -0.05) is 106 Å². The highest BCUT2D eigenvalue weighted by atomic mass is 32.2. The number of unbranched alkanes of at least 4 members (excludes halogenated alkanes) is 1. The van der Waals surface area contributed by atoms with Crippen LogP contribution < -0.4 is 14.2 Å². The van der Waals surface area contributed by atoms with Crippen molar-refractivity contribution < 1.29 is 25.3 Å². The molecule has 0 aromatic heterocycles. The lowest BCUT2D eigenvalue weighted by atomic mass is 9.96. The van der Waals surface area contributed by atoms with Crippen molar-refractivity contribution in [2.24, 2.45) is 0 Å².